The number of aliphatic imine (C=N–C) groups is 1. The summed E-state index contributed by atoms with van der Waals surface area (Å²) < 4.78 is 4.73. The first-order chi connectivity index (χ1) is 6.54. The van der Waals surface area contributed by atoms with Crippen molar-refractivity contribution in [2.45, 2.75) is 11.6 Å². The number of rotatable bonds is 3. The van der Waals surface area contributed by atoms with E-state index in [1.165, 1.54) is 18.4 Å². The van der Waals surface area contributed by atoms with E-state index in [0.29, 0.717) is 0 Å². The van der Waals surface area contributed by atoms with Gasteiger partial charge < -0.3 is 14.9 Å². The van der Waals surface area contributed by atoms with Crippen LogP contribution in [0.1, 0.15) is 0 Å². The summed E-state index contributed by atoms with van der Waals surface area (Å²) in [4.78, 5) is 25.2. The Bertz CT molecular complexity index is 322. The van der Waals surface area contributed by atoms with E-state index in [4.69, 9.17) is 14.9 Å². The Morgan fingerprint density at radius 3 is 2.50 bits per heavy atom. The van der Waals surface area contributed by atoms with Gasteiger partial charge in [-0.1, -0.05) is 0 Å². The Morgan fingerprint density at radius 1 is 1.50 bits per heavy atom. The van der Waals surface area contributed by atoms with E-state index >= 15 is 0 Å². The molecule has 0 aromatic rings. The van der Waals surface area contributed by atoms with E-state index in [-0.39, 0.29) is 0 Å². The topological polar surface area (TPSA) is 96.2 Å². The number of methoxy groups -OCH3 is 1. The molecule has 0 saturated heterocycles. The summed E-state index contributed by atoms with van der Waals surface area (Å²) in [6.07, 6.45) is 3.75. The van der Waals surface area contributed by atoms with Gasteiger partial charge in [0.05, 0.1) is 0 Å². The van der Waals surface area contributed by atoms with Crippen LogP contribution < -0.4 is 0 Å². The molecule has 0 aromatic carbocycles. The molecule has 2 N–H and O–H groups in total. The van der Waals surface area contributed by atoms with Gasteiger partial charge in [-0.15, -0.1) is 0 Å². The Balaban J connectivity index is 3.15. The minimum absolute atomic E-state index is 1.13. The van der Waals surface area contributed by atoms with Crippen LogP contribution in [0.3, 0.4) is 0 Å². The zero-order chi connectivity index (χ0) is 10.8. The monoisotopic (exact) mass is 199 g/mol. The second-order valence-electron chi connectivity index (χ2n) is 2.70. The minimum atomic E-state index is -1.90. The lowest BCUT2D eigenvalue weighted by molar-refractivity contribution is -0.165. The molecular weight excluding hydrogens is 190 g/mol. The van der Waals surface area contributed by atoms with E-state index in [9.17, 15) is 9.59 Å². The van der Waals surface area contributed by atoms with E-state index in [0.717, 1.165) is 7.11 Å². The molecular formula is C8H9NO5. The van der Waals surface area contributed by atoms with Crippen LogP contribution in [0, 0.1) is 0 Å². The van der Waals surface area contributed by atoms with Crippen LogP contribution >= 0.6 is 0 Å². The summed E-state index contributed by atoms with van der Waals surface area (Å²) in [5, 5.41) is 17.7. The van der Waals surface area contributed by atoms with Crippen molar-refractivity contribution in [3.63, 3.8) is 0 Å². The number of hydrogen-bond donors (Lipinski definition) is 2. The van der Waals surface area contributed by atoms with Crippen molar-refractivity contribution in [1.29, 1.82) is 0 Å². The van der Waals surface area contributed by atoms with Crippen molar-refractivity contribution >= 4 is 18.2 Å². The van der Waals surface area contributed by atoms with Crippen molar-refractivity contribution in [3.05, 3.63) is 12.2 Å². The second-order valence-corrected chi connectivity index (χ2v) is 2.70. The van der Waals surface area contributed by atoms with Gasteiger partial charge >= 0.3 is 11.9 Å². The molecule has 0 radical (unpaired) electrons. The summed E-state index contributed by atoms with van der Waals surface area (Å²) in [6, 6.07) is -1.45. The highest BCUT2D eigenvalue weighted by atomic mass is 16.5. The predicted molar refractivity (Wildman–Crippen MR) is 46.4 cm³/mol. The van der Waals surface area contributed by atoms with Gasteiger partial charge in [-0.05, 0) is 12.2 Å². The molecule has 6 nitrogen and oxygen atoms in total. The van der Waals surface area contributed by atoms with E-state index < -0.39 is 23.6 Å². The first-order valence-electron chi connectivity index (χ1n) is 3.77. The van der Waals surface area contributed by atoms with Crippen molar-refractivity contribution in [2.75, 3.05) is 7.11 Å². The van der Waals surface area contributed by atoms with E-state index in [1.807, 2.05) is 0 Å². The first kappa shape index (κ1) is 10.4. The number of carbonyl (C=O) groups is 2. The summed E-state index contributed by atoms with van der Waals surface area (Å²) in [5.41, 5.74) is -1.90. The fraction of sp³-hybridized carbons (Fsp3) is 0.375. The fourth-order valence-corrected chi connectivity index (χ4v) is 1.23. The molecule has 1 aliphatic rings. The third-order valence-electron chi connectivity index (χ3n) is 1.98. The van der Waals surface area contributed by atoms with Crippen molar-refractivity contribution in [1.82, 2.24) is 0 Å². The lowest BCUT2D eigenvalue weighted by Gasteiger charge is -2.29. The molecule has 76 valence electrons. The molecule has 14 heavy (non-hydrogen) atoms. The van der Waals surface area contributed by atoms with Crippen molar-refractivity contribution in [3.8, 4) is 0 Å². The van der Waals surface area contributed by atoms with Gasteiger partial charge in [-0.25, -0.2) is 9.59 Å². The molecule has 0 saturated carbocycles. The minimum Gasteiger partial charge on any atom is -0.480 e. The summed E-state index contributed by atoms with van der Waals surface area (Å²) >= 11 is 0. The first-order valence-corrected chi connectivity index (χ1v) is 3.77. The quantitative estimate of drug-likeness (QED) is 0.641. The average Bonchev–Trinajstić information content (AvgIpc) is 2.17. The molecule has 0 spiro atoms. The summed E-state index contributed by atoms with van der Waals surface area (Å²) in [5.74, 6) is -2.71. The molecule has 0 amide bonds. The standard InChI is InChI=1S/C8H9NO5/c1-14-8(7(12)13)3-2-4-9-5(8)6(10)11/h2-5H,1H3,(H,10,11)(H,12,13). The SMILES string of the molecule is COC1(C(=O)O)C=CC=NC1C(=O)O. The second kappa shape index (κ2) is 3.59. The molecule has 6 heteroatoms. The van der Waals surface area contributed by atoms with Crippen LogP contribution in [0.5, 0.6) is 0 Å². The highest BCUT2D eigenvalue weighted by molar-refractivity contribution is 5.94. The Kier molecular flexibility index (Phi) is 2.66. The number of aliphatic carboxylic acids is 2. The Labute approximate surface area is 79.5 Å². The highest BCUT2D eigenvalue weighted by Gasteiger charge is 2.49. The lowest BCUT2D eigenvalue weighted by Crippen LogP contribution is -2.53. The van der Waals surface area contributed by atoms with Gasteiger partial charge in [0.15, 0.2) is 6.04 Å². The van der Waals surface area contributed by atoms with Crippen molar-refractivity contribution in [2.24, 2.45) is 4.99 Å². The Hall–Kier alpha value is -1.69. The number of ether oxygens (including phenoxy) is 1. The number of hydrogen-bond acceptors (Lipinski definition) is 4. The van der Waals surface area contributed by atoms with E-state index in [2.05, 4.69) is 4.99 Å². The van der Waals surface area contributed by atoms with Crippen LogP contribution in [0.2, 0.25) is 0 Å². The number of nitrogens with zero attached hydrogens (tertiary/aromatic N) is 1. The normalized spacial score (nSPS) is 30.2. The van der Waals surface area contributed by atoms with Crippen LogP contribution in [0.15, 0.2) is 17.1 Å². The smallest absolute Gasteiger partial charge is 0.342 e. The van der Waals surface area contributed by atoms with Gasteiger partial charge in [0.25, 0.3) is 0 Å². The summed E-state index contributed by atoms with van der Waals surface area (Å²) in [6.45, 7) is 0. The molecule has 1 aliphatic heterocycles. The molecule has 0 bridgehead atoms. The Morgan fingerprint density at radius 2 is 2.14 bits per heavy atom. The zero-order valence-corrected chi connectivity index (χ0v) is 7.38. The molecule has 0 aliphatic carbocycles. The van der Waals surface area contributed by atoms with Crippen LogP contribution in [-0.4, -0.2) is 47.1 Å². The number of carboxylic acids is 2. The summed E-state index contributed by atoms with van der Waals surface area (Å²) in [7, 11) is 1.13. The molecule has 2 unspecified atom stereocenters. The van der Waals surface area contributed by atoms with E-state index in [1.54, 1.807) is 0 Å². The van der Waals surface area contributed by atoms with Crippen molar-refractivity contribution < 1.29 is 24.5 Å². The number of allylic oxidation sites excluding steroid dienone is 1. The molecule has 0 aromatic heterocycles. The maximum atomic E-state index is 10.9. The zero-order valence-electron chi connectivity index (χ0n) is 7.38. The number of carboxylic acid groups (broad SMARTS) is 2. The largest absolute Gasteiger partial charge is 0.480 e. The van der Waals surface area contributed by atoms with Gasteiger partial charge in [-0.2, -0.15) is 0 Å². The van der Waals surface area contributed by atoms with Gasteiger partial charge in [-0.3, -0.25) is 4.99 Å². The molecule has 2 atom stereocenters. The van der Waals surface area contributed by atoms with Crippen LogP contribution in [0.4, 0.5) is 0 Å². The van der Waals surface area contributed by atoms with Gasteiger partial charge in [0.2, 0.25) is 5.60 Å². The third kappa shape index (κ3) is 1.39. The predicted octanol–water partition coefficient (Wildman–Crippen LogP) is -0.450. The maximum Gasteiger partial charge on any atom is 0.342 e. The van der Waals surface area contributed by atoms with Gasteiger partial charge in [0, 0.05) is 13.3 Å². The molecule has 0 fully saturated rings. The molecule has 1 heterocycles. The average molecular weight is 199 g/mol. The van der Waals surface area contributed by atoms with Gasteiger partial charge in [0.1, 0.15) is 0 Å². The molecule has 1 rings (SSSR count). The third-order valence-corrected chi connectivity index (χ3v) is 1.98. The maximum absolute atomic E-state index is 10.9. The number of dihydropyridines is 1. The fourth-order valence-electron chi connectivity index (χ4n) is 1.23. The lowest BCUT2D eigenvalue weighted by atomic mass is 9.92. The van der Waals surface area contributed by atoms with Crippen LogP contribution in [-0.2, 0) is 14.3 Å². The van der Waals surface area contributed by atoms with Crippen LogP contribution in [0.25, 0.3) is 0 Å². The highest BCUT2D eigenvalue weighted by Crippen LogP contribution is 2.23.